The van der Waals surface area contributed by atoms with Crippen LogP contribution in [0.4, 0.5) is 13.2 Å². The first kappa shape index (κ1) is 25.4. The van der Waals surface area contributed by atoms with Crippen molar-refractivity contribution in [2.75, 3.05) is 6.54 Å². The molecule has 4 N–H and O–H groups in total. The highest BCUT2D eigenvalue weighted by Gasteiger charge is 2.48. The van der Waals surface area contributed by atoms with E-state index >= 15 is 0 Å². The normalized spacial score (nSPS) is 20.4. The number of aliphatic hydroxyl groups excluding tert-OH is 1. The molecule has 1 saturated heterocycles. The van der Waals surface area contributed by atoms with Gasteiger partial charge in [0.15, 0.2) is 0 Å². The van der Waals surface area contributed by atoms with Gasteiger partial charge < -0.3 is 21.1 Å². The van der Waals surface area contributed by atoms with Gasteiger partial charge in [-0.2, -0.15) is 0 Å². The lowest BCUT2D eigenvalue weighted by Gasteiger charge is -2.29. The molecule has 1 aliphatic heterocycles. The molecule has 0 bridgehead atoms. The third kappa shape index (κ3) is 5.27. The highest BCUT2D eigenvalue weighted by atomic mass is 19.1. The van der Waals surface area contributed by atoms with E-state index in [1.807, 2.05) is 0 Å². The molecule has 0 unspecified atom stereocenters. The Morgan fingerprint density at radius 3 is 2.00 bits per heavy atom. The zero-order chi connectivity index (χ0) is 26.0. The van der Waals surface area contributed by atoms with Crippen molar-refractivity contribution in [2.24, 2.45) is 5.73 Å². The second-order valence-corrected chi connectivity index (χ2v) is 8.92. The van der Waals surface area contributed by atoms with Gasteiger partial charge >= 0.3 is 0 Å². The molecule has 0 aliphatic carbocycles. The fraction of sp³-hybridized carbons (Fsp3) is 0.259. The van der Waals surface area contributed by atoms with E-state index < -0.39 is 59.4 Å². The van der Waals surface area contributed by atoms with Crippen LogP contribution in [0.15, 0.2) is 72.8 Å². The lowest BCUT2D eigenvalue weighted by atomic mass is 9.92. The quantitative estimate of drug-likeness (QED) is 0.488. The predicted molar refractivity (Wildman–Crippen MR) is 127 cm³/mol. The summed E-state index contributed by atoms with van der Waals surface area (Å²) in [5.74, 6) is -3.50. The number of aliphatic hydroxyl groups is 1. The van der Waals surface area contributed by atoms with Gasteiger partial charge in [0.25, 0.3) is 0 Å². The first-order chi connectivity index (χ1) is 17.2. The van der Waals surface area contributed by atoms with Crippen molar-refractivity contribution in [3.05, 3.63) is 107 Å². The molecule has 0 spiro atoms. The summed E-state index contributed by atoms with van der Waals surface area (Å²) < 4.78 is 41.5. The Balaban J connectivity index is 1.69. The average Bonchev–Trinajstić information content (AvgIpc) is 3.19. The first-order valence-electron chi connectivity index (χ1n) is 11.5. The molecule has 6 nitrogen and oxygen atoms in total. The summed E-state index contributed by atoms with van der Waals surface area (Å²) in [6.45, 7) is 1.45. The lowest BCUT2D eigenvalue weighted by Crippen LogP contribution is -2.54. The number of nitrogens with one attached hydrogen (secondary N) is 1. The Morgan fingerprint density at radius 1 is 0.944 bits per heavy atom. The molecule has 1 aliphatic rings. The Bertz CT molecular complexity index is 1210. The second-order valence-electron chi connectivity index (χ2n) is 8.92. The Labute approximate surface area is 206 Å². The summed E-state index contributed by atoms with van der Waals surface area (Å²) in [4.78, 5) is 27.7. The molecular formula is C27H26F3N3O3. The van der Waals surface area contributed by atoms with E-state index in [4.69, 9.17) is 5.73 Å². The van der Waals surface area contributed by atoms with Crippen LogP contribution in [0.1, 0.15) is 35.6 Å². The molecule has 9 heteroatoms. The number of benzene rings is 3. The summed E-state index contributed by atoms with van der Waals surface area (Å²) in [5, 5.41) is 13.9. The monoisotopic (exact) mass is 497 g/mol. The number of rotatable bonds is 6. The van der Waals surface area contributed by atoms with Gasteiger partial charge in [-0.3, -0.25) is 9.59 Å². The highest BCUT2D eigenvalue weighted by Crippen LogP contribution is 2.34. The zero-order valence-electron chi connectivity index (χ0n) is 19.4. The predicted octanol–water partition coefficient (Wildman–Crippen LogP) is 3.01. The fourth-order valence-corrected chi connectivity index (χ4v) is 4.59. The van der Waals surface area contributed by atoms with E-state index in [2.05, 4.69) is 5.32 Å². The van der Waals surface area contributed by atoms with Crippen molar-refractivity contribution in [3.63, 3.8) is 0 Å². The molecule has 4 rings (SSSR count). The first-order valence-corrected chi connectivity index (χ1v) is 11.5. The molecule has 1 heterocycles. The van der Waals surface area contributed by atoms with Gasteiger partial charge in [0.1, 0.15) is 23.5 Å². The number of likely N-dealkylation sites (tertiary alicyclic amines) is 1. The van der Waals surface area contributed by atoms with Crippen LogP contribution in [0.2, 0.25) is 0 Å². The molecule has 1 fully saturated rings. The maximum atomic E-state index is 14.0. The van der Waals surface area contributed by atoms with E-state index in [-0.39, 0.29) is 6.54 Å². The molecule has 0 saturated carbocycles. The van der Waals surface area contributed by atoms with Crippen LogP contribution in [0.25, 0.3) is 0 Å². The van der Waals surface area contributed by atoms with E-state index in [0.717, 1.165) is 0 Å². The van der Waals surface area contributed by atoms with Crippen LogP contribution >= 0.6 is 0 Å². The smallest absolute Gasteiger partial charge is 0.246 e. The number of carbonyl (C=O) groups is 2. The molecule has 3 aromatic carbocycles. The van der Waals surface area contributed by atoms with Gasteiger partial charge in [-0.25, -0.2) is 13.2 Å². The minimum absolute atomic E-state index is 0.0180. The minimum atomic E-state index is -1.33. The standard InChI is InChI=1S/C27H26F3N3O3/c1-15(31)27(36)33-14-22(16-8-10-19(28)11-9-16)25(34)24(33)26(35)32-23(17-4-2-6-20(29)12-17)18-5-3-7-21(30)13-18/h2-13,15,22-25,34H,14,31H2,1H3,(H,32,35)/t15-,22+,24-,25+/m0/s1. The Kier molecular flexibility index (Phi) is 7.42. The van der Waals surface area contributed by atoms with Crippen molar-refractivity contribution >= 4 is 11.8 Å². The largest absolute Gasteiger partial charge is 0.390 e. The van der Waals surface area contributed by atoms with Crippen LogP contribution < -0.4 is 11.1 Å². The van der Waals surface area contributed by atoms with Gasteiger partial charge in [-0.05, 0) is 60.0 Å². The number of nitrogens with two attached hydrogens (primary N) is 1. The van der Waals surface area contributed by atoms with Crippen LogP contribution in [0.3, 0.4) is 0 Å². The molecule has 0 aromatic heterocycles. The molecule has 188 valence electrons. The van der Waals surface area contributed by atoms with Crippen molar-refractivity contribution in [2.45, 2.75) is 37.1 Å². The Hall–Kier alpha value is -3.69. The molecular weight excluding hydrogens is 471 g/mol. The number of amides is 2. The number of nitrogens with zero attached hydrogens (tertiary/aromatic N) is 1. The van der Waals surface area contributed by atoms with Gasteiger partial charge in [-0.1, -0.05) is 36.4 Å². The average molecular weight is 498 g/mol. The third-order valence-electron chi connectivity index (χ3n) is 6.35. The minimum Gasteiger partial charge on any atom is -0.390 e. The number of hydrogen-bond donors (Lipinski definition) is 3. The van der Waals surface area contributed by atoms with E-state index in [0.29, 0.717) is 16.7 Å². The van der Waals surface area contributed by atoms with Crippen molar-refractivity contribution in [3.8, 4) is 0 Å². The van der Waals surface area contributed by atoms with Gasteiger partial charge in [0.2, 0.25) is 11.8 Å². The molecule has 2 amide bonds. The van der Waals surface area contributed by atoms with Crippen LogP contribution in [-0.4, -0.2) is 46.6 Å². The van der Waals surface area contributed by atoms with Gasteiger partial charge in [-0.15, -0.1) is 0 Å². The summed E-state index contributed by atoms with van der Waals surface area (Å²) in [6, 6.07) is 13.2. The Morgan fingerprint density at radius 2 is 1.50 bits per heavy atom. The van der Waals surface area contributed by atoms with E-state index in [1.54, 1.807) is 12.1 Å². The molecule has 3 aromatic rings. The van der Waals surface area contributed by atoms with Crippen molar-refractivity contribution < 1.29 is 27.9 Å². The molecule has 36 heavy (non-hydrogen) atoms. The fourth-order valence-electron chi connectivity index (χ4n) is 4.59. The van der Waals surface area contributed by atoms with Crippen LogP contribution in [0, 0.1) is 17.5 Å². The van der Waals surface area contributed by atoms with Crippen molar-refractivity contribution in [1.29, 1.82) is 0 Å². The molecule has 4 atom stereocenters. The van der Waals surface area contributed by atoms with E-state index in [9.17, 15) is 27.9 Å². The SMILES string of the molecule is C[C@H](N)C(=O)N1C[C@H](c2ccc(F)cc2)[C@@H](O)[C@H]1C(=O)NC(c1cccc(F)c1)c1cccc(F)c1. The van der Waals surface area contributed by atoms with Crippen molar-refractivity contribution in [1.82, 2.24) is 10.2 Å². The maximum absolute atomic E-state index is 14.0. The summed E-state index contributed by atoms with van der Waals surface area (Å²) in [6.07, 6.45) is -1.33. The number of carbonyl (C=O) groups excluding carboxylic acids is 2. The lowest BCUT2D eigenvalue weighted by molar-refractivity contribution is -0.141. The van der Waals surface area contributed by atoms with E-state index in [1.165, 1.54) is 72.5 Å². The number of hydrogen-bond acceptors (Lipinski definition) is 4. The third-order valence-corrected chi connectivity index (χ3v) is 6.35. The number of halogens is 3. The second kappa shape index (κ2) is 10.5. The zero-order valence-corrected chi connectivity index (χ0v) is 19.4. The summed E-state index contributed by atoms with van der Waals surface area (Å²) >= 11 is 0. The maximum Gasteiger partial charge on any atom is 0.246 e. The summed E-state index contributed by atoms with van der Waals surface area (Å²) in [5.41, 5.74) is 7.05. The molecule has 0 radical (unpaired) electrons. The van der Waals surface area contributed by atoms with Gasteiger partial charge in [0.05, 0.1) is 18.2 Å². The summed E-state index contributed by atoms with van der Waals surface area (Å²) in [7, 11) is 0. The van der Waals surface area contributed by atoms with Crippen LogP contribution in [-0.2, 0) is 9.59 Å². The van der Waals surface area contributed by atoms with Crippen LogP contribution in [0.5, 0.6) is 0 Å². The topological polar surface area (TPSA) is 95.7 Å². The highest BCUT2D eigenvalue weighted by molar-refractivity contribution is 5.91. The van der Waals surface area contributed by atoms with Gasteiger partial charge in [0, 0.05) is 12.5 Å².